The number of benzene rings is 2. The average molecular weight is 419 g/mol. The van der Waals surface area contributed by atoms with Gasteiger partial charge >= 0.3 is 0 Å². The summed E-state index contributed by atoms with van der Waals surface area (Å²) in [7, 11) is 0. The number of halogens is 3. The van der Waals surface area contributed by atoms with Crippen LogP contribution in [0, 0.1) is 31.3 Å². The van der Waals surface area contributed by atoms with Crippen LogP contribution in [-0.4, -0.2) is 16.8 Å². The van der Waals surface area contributed by atoms with Crippen LogP contribution in [0.3, 0.4) is 0 Å². The van der Waals surface area contributed by atoms with E-state index in [1.165, 1.54) is 35.7 Å². The smallest absolute Gasteiger partial charge is 0.267 e. The van der Waals surface area contributed by atoms with Crippen LogP contribution in [0.15, 0.2) is 36.5 Å². The molecular weight excluding hydrogens is 403 g/mol. The zero-order chi connectivity index (χ0) is 21.1. The van der Waals surface area contributed by atoms with Gasteiger partial charge in [-0.15, -0.1) is 11.3 Å². The number of carbonyl (C=O) groups excluding carboxylic acids is 2. The lowest BCUT2D eigenvalue weighted by Gasteiger charge is -2.12. The number of amides is 2. The van der Waals surface area contributed by atoms with Crippen molar-refractivity contribution in [2.75, 3.05) is 5.32 Å². The Bertz CT molecular complexity index is 1100. The number of aryl methyl sites for hydroxylation is 2. The van der Waals surface area contributed by atoms with Gasteiger partial charge in [0, 0.05) is 17.8 Å². The van der Waals surface area contributed by atoms with Crippen molar-refractivity contribution in [1.82, 2.24) is 10.3 Å². The first-order valence-corrected chi connectivity index (χ1v) is 9.33. The summed E-state index contributed by atoms with van der Waals surface area (Å²) >= 11 is 1.20. The number of thiazole rings is 1. The SMILES string of the molecule is Cc1ncc(C(=O)Nc2cc(C(=O)NCc3cccc(F)c3F)c(F)cc2C)s1. The fourth-order valence-corrected chi connectivity index (χ4v) is 3.26. The molecule has 0 fully saturated rings. The van der Waals surface area contributed by atoms with Gasteiger partial charge in [0.05, 0.1) is 16.8 Å². The van der Waals surface area contributed by atoms with E-state index in [-0.39, 0.29) is 23.4 Å². The molecule has 3 rings (SSSR count). The van der Waals surface area contributed by atoms with E-state index in [0.717, 1.165) is 17.1 Å². The lowest BCUT2D eigenvalue weighted by molar-refractivity contribution is 0.0945. The lowest BCUT2D eigenvalue weighted by Crippen LogP contribution is -2.25. The Hall–Kier alpha value is -3.20. The second kappa shape index (κ2) is 8.44. The monoisotopic (exact) mass is 419 g/mol. The first-order chi connectivity index (χ1) is 13.8. The predicted octanol–water partition coefficient (Wildman–Crippen LogP) is 4.36. The second-order valence-corrected chi connectivity index (χ2v) is 7.48. The summed E-state index contributed by atoms with van der Waals surface area (Å²) in [6.45, 7) is 3.02. The largest absolute Gasteiger partial charge is 0.348 e. The van der Waals surface area contributed by atoms with Crippen molar-refractivity contribution >= 4 is 28.8 Å². The summed E-state index contributed by atoms with van der Waals surface area (Å²) in [6.07, 6.45) is 1.43. The Balaban J connectivity index is 1.78. The highest BCUT2D eigenvalue weighted by atomic mass is 32.1. The number of anilines is 1. The third-order valence-electron chi connectivity index (χ3n) is 4.12. The molecule has 9 heteroatoms. The van der Waals surface area contributed by atoms with Crippen molar-refractivity contribution in [3.63, 3.8) is 0 Å². The predicted molar refractivity (Wildman–Crippen MR) is 103 cm³/mol. The molecule has 1 aromatic heterocycles. The summed E-state index contributed by atoms with van der Waals surface area (Å²) in [4.78, 5) is 29.1. The average Bonchev–Trinajstić information content (AvgIpc) is 3.11. The third-order valence-corrected chi connectivity index (χ3v) is 5.03. The molecule has 0 saturated heterocycles. The maximum Gasteiger partial charge on any atom is 0.267 e. The summed E-state index contributed by atoms with van der Waals surface area (Å²) in [6, 6.07) is 5.90. The van der Waals surface area contributed by atoms with E-state index < -0.39 is 29.3 Å². The molecule has 0 bridgehead atoms. The van der Waals surface area contributed by atoms with E-state index in [4.69, 9.17) is 0 Å². The number of nitrogens with one attached hydrogen (secondary N) is 2. The highest BCUT2D eigenvalue weighted by molar-refractivity contribution is 7.13. The number of hydrogen-bond donors (Lipinski definition) is 2. The molecule has 1 heterocycles. The summed E-state index contributed by atoms with van der Waals surface area (Å²) in [5.74, 6) is -4.17. The number of aromatic nitrogens is 1. The van der Waals surface area contributed by atoms with E-state index >= 15 is 0 Å². The lowest BCUT2D eigenvalue weighted by atomic mass is 10.1. The minimum absolute atomic E-state index is 0.0695. The maximum atomic E-state index is 14.3. The van der Waals surface area contributed by atoms with Gasteiger partial charge in [-0.1, -0.05) is 12.1 Å². The standard InChI is InChI=1S/C20H16F3N3O2S/c1-10-6-15(22)13(7-16(10)26-20(28)17-9-24-11(2)29-17)19(27)25-8-12-4-3-5-14(21)18(12)23/h3-7,9H,8H2,1-2H3,(H,25,27)(H,26,28). The van der Waals surface area contributed by atoms with E-state index in [1.807, 2.05) is 0 Å². The molecule has 0 aliphatic rings. The highest BCUT2D eigenvalue weighted by Gasteiger charge is 2.18. The molecule has 0 radical (unpaired) electrons. The molecule has 0 aliphatic heterocycles. The minimum Gasteiger partial charge on any atom is -0.348 e. The number of carbonyl (C=O) groups is 2. The fourth-order valence-electron chi connectivity index (χ4n) is 2.59. The molecule has 29 heavy (non-hydrogen) atoms. The third kappa shape index (κ3) is 4.62. The molecule has 2 N–H and O–H groups in total. The number of nitrogens with zero attached hydrogens (tertiary/aromatic N) is 1. The molecule has 0 saturated carbocycles. The van der Waals surface area contributed by atoms with Crippen LogP contribution < -0.4 is 10.6 Å². The number of rotatable bonds is 5. The Morgan fingerprint density at radius 2 is 1.83 bits per heavy atom. The molecule has 0 unspecified atom stereocenters. The fraction of sp³-hybridized carbons (Fsp3) is 0.150. The van der Waals surface area contributed by atoms with Crippen LogP contribution in [0.4, 0.5) is 18.9 Å². The van der Waals surface area contributed by atoms with E-state index in [2.05, 4.69) is 15.6 Å². The Morgan fingerprint density at radius 1 is 1.07 bits per heavy atom. The molecule has 0 atom stereocenters. The molecule has 3 aromatic rings. The van der Waals surface area contributed by atoms with Crippen LogP contribution in [0.25, 0.3) is 0 Å². The van der Waals surface area contributed by atoms with Gasteiger partial charge in [0.1, 0.15) is 10.7 Å². The topological polar surface area (TPSA) is 71.1 Å². The van der Waals surface area contributed by atoms with Gasteiger partial charge in [-0.25, -0.2) is 18.2 Å². The van der Waals surface area contributed by atoms with Gasteiger partial charge in [0.25, 0.3) is 11.8 Å². The van der Waals surface area contributed by atoms with Crippen LogP contribution in [-0.2, 0) is 6.54 Å². The van der Waals surface area contributed by atoms with Crippen molar-refractivity contribution in [1.29, 1.82) is 0 Å². The molecule has 2 aromatic carbocycles. The van der Waals surface area contributed by atoms with Crippen LogP contribution in [0.5, 0.6) is 0 Å². The van der Waals surface area contributed by atoms with Crippen LogP contribution >= 0.6 is 11.3 Å². The van der Waals surface area contributed by atoms with Gasteiger partial charge in [0.15, 0.2) is 11.6 Å². The molecule has 0 aliphatic carbocycles. The van der Waals surface area contributed by atoms with E-state index in [1.54, 1.807) is 13.8 Å². The summed E-state index contributed by atoms with van der Waals surface area (Å²) < 4.78 is 41.3. The van der Waals surface area contributed by atoms with Gasteiger partial charge < -0.3 is 10.6 Å². The van der Waals surface area contributed by atoms with Crippen LogP contribution in [0.1, 0.15) is 36.2 Å². The molecule has 2 amide bonds. The quantitative estimate of drug-likeness (QED) is 0.646. The molecule has 0 spiro atoms. The molecule has 150 valence electrons. The van der Waals surface area contributed by atoms with E-state index in [9.17, 15) is 22.8 Å². The zero-order valence-electron chi connectivity index (χ0n) is 15.5. The Labute approximate surface area is 168 Å². The Kier molecular flexibility index (Phi) is 5.97. The highest BCUT2D eigenvalue weighted by Crippen LogP contribution is 2.22. The first-order valence-electron chi connectivity index (χ1n) is 8.51. The first kappa shape index (κ1) is 20.5. The van der Waals surface area contributed by atoms with Crippen molar-refractivity contribution in [2.24, 2.45) is 0 Å². The van der Waals surface area contributed by atoms with Gasteiger partial charge in [-0.05, 0) is 37.6 Å². The van der Waals surface area contributed by atoms with Gasteiger partial charge in [-0.2, -0.15) is 0 Å². The van der Waals surface area contributed by atoms with Crippen molar-refractivity contribution in [2.45, 2.75) is 20.4 Å². The van der Waals surface area contributed by atoms with Gasteiger partial charge in [0.2, 0.25) is 0 Å². The molecule has 5 nitrogen and oxygen atoms in total. The maximum absolute atomic E-state index is 14.3. The zero-order valence-corrected chi connectivity index (χ0v) is 16.3. The molecular formula is C20H16F3N3O2S. The number of hydrogen-bond acceptors (Lipinski definition) is 4. The van der Waals surface area contributed by atoms with Gasteiger partial charge in [-0.3, -0.25) is 9.59 Å². The van der Waals surface area contributed by atoms with E-state index in [0.29, 0.717) is 10.4 Å². The minimum atomic E-state index is -1.08. The van der Waals surface area contributed by atoms with Crippen LogP contribution in [0.2, 0.25) is 0 Å². The summed E-state index contributed by atoms with van der Waals surface area (Å²) in [5.41, 5.74) is 0.275. The second-order valence-electron chi connectivity index (χ2n) is 6.24. The Morgan fingerprint density at radius 3 is 2.52 bits per heavy atom. The normalized spacial score (nSPS) is 10.7. The van der Waals surface area contributed by atoms with Crippen molar-refractivity contribution in [3.05, 3.63) is 80.6 Å². The van der Waals surface area contributed by atoms with Crippen molar-refractivity contribution < 1.29 is 22.8 Å². The van der Waals surface area contributed by atoms with Crippen molar-refractivity contribution in [3.8, 4) is 0 Å². The summed E-state index contributed by atoms with van der Waals surface area (Å²) in [5, 5.41) is 5.70.